The predicted octanol–water partition coefficient (Wildman–Crippen LogP) is 10.9. The van der Waals surface area contributed by atoms with Crippen LogP contribution in [0, 0.1) is 0 Å². The minimum Gasteiger partial charge on any atom is -0.507 e. The second kappa shape index (κ2) is 12.5. The molecule has 1 N–H and O–H groups in total. The molecular weight excluding hydrogens is 587 g/mol. The van der Waals surface area contributed by atoms with E-state index in [0.717, 1.165) is 50.2 Å². The SMILES string of the molecule is CC(c1ccccc1)c1cccnc1-c1cc(-c2ccccc2)cc(-c2cccc3c2nc(-c2ccccc2O)n3-c2ccccc2)c1. The fourth-order valence-electron chi connectivity index (χ4n) is 6.66. The van der Waals surface area contributed by atoms with Crippen LogP contribution in [0.2, 0.25) is 0 Å². The third-order valence-corrected chi connectivity index (χ3v) is 9.07. The summed E-state index contributed by atoms with van der Waals surface area (Å²) in [6.07, 6.45) is 1.88. The van der Waals surface area contributed by atoms with E-state index in [1.807, 2.05) is 54.7 Å². The molecule has 0 saturated heterocycles. The normalized spacial score (nSPS) is 11.9. The van der Waals surface area contributed by atoms with Gasteiger partial charge in [0.1, 0.15) is 11.6 Å². The van der Waals surface area contributed by atoms with Crippen molar-refractivity contribution >= 4 is 11.0 Å². The molecule has 0 saturated carbocycles. The summed E-state index contributed by atoms with van der Waals surface area (Å²) in [5.74, 6) is 1.03. The van der Waals surface area contributed by atoms with Gasteiger partial charge in [-0.3, -0.25) is 9.55 Å². The summed E-state index contributed by atoms with van der Waals surface area (Å²) in [7, 11) is 0. The highest BCUT2D eigenvalue weighted by Crippen LogP contribution is 2.40. The van der Waals surface area contributed by atoms with E-state index in [0.29, 0.717) is 11.4 Å². The Kier molecular flexibility index (Phi) is 7.60. The van der Waals surface area contributed by atoms with Crippen molar-refractivity contribution in [1.29, 1.82) is 0 Å². The number of nitrogens with zero attached hydrogens (tertiary/aromatic N) is 3. The average molecular weight is 620 g/mol. The second-order valence-electron chi connectivity index (χ2n) is 12.0. The van der Waals surface area contributed by atoms with Crippen LogP contribution in [0.5, 0.6) is 5.75 Å². The number of hydrogen-bond donors (Lipinski definition) is 1. The highest BCUT2D eigenvalue weighted by atomic mass is 16.3. The van der Waals surface area contributed by atoms with Crippen LogP contribution in [0.25, 0.3) is 61.6 Å². The third-order valence-electron chi connectivity index (χ3n) is 9.07. The molecule has 2 aromatic heterocycles. The molecule has 4 nitrogen and oxygen atoms in total. The van der Waals surface area contributed by atoms with Crippen LogP contribution < -0.4 is 0 Å². The van der Waals surface area contributed by atoms with E-state index >= 15 is 0 Å². The van der Waals surface area contributed by atoms with Gasteiger partial charge >= 0.3 is 0 Å². The van der Waals surface area contributed by atoms with Crippen molar-refractivity contribution in [1.82, 2.24) is 14.5 Å². The molecule has 0 amide bonds. The van der Waals surface area contributed by atoms with E-state index in [9.17, 15) is 5.11 Å². The van der Waals surface area contributed by atoms with E-state index < -0.39 is 0 Å². The van der Waals surface area contributed by atoms with Crippen LogP contribution in [-0.2, 0) is 0 Å². The van der Waals surface area contributed by atoms with Gasteiger partial charge in [0, 0.05) is 28.9 Å². The first kappa shape index (κ1) is 29.2. The number of para-hydroxylation sites is 3. The number of pyridine rings is 1. The minimum absolute atomic E-state index is 0.157. The third kappa shape index (κ3) is 5.33. The first-order chi connectivity index (χ1) is 23.7. The van der Waals surface area contributed by atoms with Crippen LogP contribution in [0.1, 0.15) is 24.0 Å². The highest BCUT2D eigenvalue weighted by Gasteiger charge is 2.21. The maximum Gasteiger partial charge on any atom is 0.149 e. The summed E-state index contributed by atoms with van der Waals surface area (Å²) in [6, 6.07) is 56.0. The van der Waals surface area contributed by atoms with Crippen molar-refractivity contribution in [2.75, 3.05) is 0 Å². The first-order valence-corrected chi connectivity index (χ1v) is 16.2. The molecule has 8 rings (SSSR count). The summed E-state index contributed by atoms with van der Waals surface area (Å²) in [4.78, 5) is 10.3. The van der Waals surface area contributed by atoms with Crippen molar-refractivity contribution in [3.8, 4) is 56.3 Å². The molecule has 0 aliphatic carbocycles. The molecule has 230 valence electrons. The Hall–Kier alpha value is -6.26. The highest BCUT2D eigenvalue weighted by molar-refractivity contribution is 5.97. The first-order valence-electron chi connectivity index (χ1n) is 16.2. The summed E-state index contributed by atoms with van der Waals surface area (Å²) < 4.78 is 2.13. The lowest BCUT2D eigenvalue weighted by atomic mass is 9.88. The smallest absolute Gasteiger partial charge is 0.149 e. The molecule has 6 aromatic carbocycles. The number of rotatable bonds is 7. The lowest BCUT2D eigenvalue weighted by Gasteiger charge is -2.18. The van der Waals surface area contributed by atoms with E-state index in [-0.39, 0.29) is 11.7 Å². The summed E-state index contributed by atoms with van der Waals surface area (Å²) in [6.45, 7) is 2.25. The van der Waals surface area contributed by atoms with Crippen LogP contribution in [-0.4, -0.2) is 19.6 Å². The van der Waals surface area contributed by atoms with Gasteiger partial charge in [0.25, 0.3) is 0 Å². The standard InChI is InChI=1S/C44H33N3O/c1-30(31-15-5-2-6-16-31)37-23-14-26-45-42(37)35-28-33(32-17-7-3-8-18-32)27-34(29-35)38-22-13-24-40-43(38)46-44(39-21-11-12-25-41(39)48)47(40)36-19-9-4-10-20-36/h2-30,48H,1H3. The molecule has 8 aromatic rings. The van der Waals surface area contributed by atoms with Gasteiger partial charge < -0.3 is 5.11 Å². The molecule has 0 radical (unpaired) electrons. The lowest BCUT2D eigenvalue weighted by Crippen LogP contribution is -2.01. The van der Waals surface area contributed by atoms with Gasteiger partial charge in [0.15, 0.2) is 0 Å². The quantitative estimate of drug-likeness (QED) is 0.193. The Morgan fingerprint density at radius 3 is 1.98 bits per heavy atom. The Morgan fingerprint density at radius 1 is 0.562 bits per heavy atom. The zero-order valence-electron chi connectivity index (χ0n) is 26.5. The molecule has 0 bridgehead atoms. The van der Waals surface area contributed by atoms with E-state index in [4.69, 9.17) is 9.97 Å². The van der Waals surface area contributed by atoms with Crippen LogP contribution >= 0.6 is 0 Å². The summed E-state index contributed by atoms with van der Waals surface area (Å²) in [5, 5.41) is 11.0. The van der Waals surface area contributed by atoms with Gasteiger partial charge in [0.05, 0.1) is 22.3 Å². The zero-order valence-corrected chi connectivity index (χ0v) is 26.5. The fraction of sp³-hybridized carbons (Fsp3) is 0.0455. The minimum atomic E-state index is 0.157. The van der Waals surface area contributed by atoms with E-state index in [2.05, 4.69) is 121 Å². The van der Waals surface area contributed by atoms with Crippen molar-refractivity contribution in [2.24, 2.45) is 0 Å². The number of hydrogen-bond acceptors (Lipinski definition) is 3. The molecule has 0 aliphatic heterocycles. The van der Waals surface area contributed by atoms with Gasteiger partial charge in [-0.25, -0.2) is 4.98 Å². The molecule has 2 heterocycles. The monoisotopic (exact) mass is 619 g/mol. The molecule has 0 aliphatic rings. The number of phenols is 1. The fourth-order valence-corrected chi connectivity index (χ4v) is 6.66. The van der Waals surface area contributed by atoms with E-state index in [1.54, 1.807) is 6.07 Å². The van der Waals surface area contributed by atoms with Gasteiger partial charge in [-0.1, -0.05) is 116 Å². The van der Waals surface area contributed by atoms with Crippen LogP contribution in [0.15, 0.2) is 170 Å². The van der Waals surface area contributed by atoms with Gasteiger partial charge in [-0.15, -0.1) is 0 Å². The molecule has 0 spiro atoms. The molecule has 1 atom stereocenters. The van der Waals surface area contributed by atoms with Crippen molar-refractivity contribution in [3.05, 3.63) is 181 Å². The average Bonchev–Trinajstić information content (AvgIpc) is 3.55. The zero-order chi connectivity index (χ0) is 32.5. The maximum atomic E-state index is 11.0. The summed E-state index contributed by atoms with van der Waals surface area (Å²) >= 11 is 0. The molecule has 0 fully saturated rings. The largest absolute Gasteiger partial charge is 0.507 e. The topological polar surface area (TPSA) is 50.9 Å². The Bertz CT molecular complexity index is 2360. The molecule has 1 unspecified atom stereocenters. The van der Waals surface area contributed by atoms with Crippen molar-refractivity contribution in [2.45, 2.75) is 12.8 Å². The van der Waals surface area contributed by atoms with Gasteiger partial charge in [0.2, 0.25) is 0 Å². The second-order valence-corrected chi connectivity index (χ2v) is 12.0. The van der Waals surface area contributed by atoms with Gasteiger partial charge in [-0.2, -0.15) is 0 Å². The van der Waals surface area contributed by atoms with Crippen LogP contribution in [0.3, 0.4) is 0 Å². The summed E-state index contributed by atoms with van der Waals surface area (Å²) in [5.41, 5.74) is 12.2. The Balaban J connectivity index is 1.38. The van der Waals surface area contributed by atoms with E-state index in [1.165, 1.54) is 11.1 Å². The Labute approximate surface area is 280 Å². The number of aromatic hydroxyl groups is 1. The van der Waals surface area contributed by atoms with Gasteiger partial charge in [-0.05, 0) is 82.4 Å². The van der Waals surface area contributed by atoms with Crippen molar-refractivity contribution < 1.29 is 5.11 Å². The maximum absolute atomic E-state index is 11.0. The number of imidazole rings is 1. The lowest BCUT2D eigenvalue weighted by molar-refractivity contribution is 0.477. The Morgan fingerprint density at radius 2 is 1.21 bits per heavy atom. The number of fused-ring (bicyclic) bond motifs is 1. The molecule has 4 heteroatoms. The van der Waals surface area contributed by atoms with Crippen molar-refractivity contribution in [3.63, 3.8) is 0 Å². The number of aromatic nitrogens is 3. The number of phenolic OH excluding ortho intramolecular Hbond substituents is 1. The van der Waals surface area contributed by atoms with Crippen LogP contribution in [0.4, 0.5) is 0 Å². The molecule has 48 heavy (non-hydrogen) atoms. The predicted molar refractivity (Wildman–Crippen MR) is 196 cm³/mol. The number of benzene rings is 6. The molecular formula is C44H33N3O.